The first kappa shape index (κ1) is 14.7. The Morgan fingerprint density at radius 3 is 2.42 bits per heavy atom. The summed E-state index contributed by atoms with van der Waals surface area (Å²) < 4.78 is 4.73. The predicted octanol–water partition coefficient (Wildman–Crippen LogP) is 0.329. The van der Waals surface area contributed by atoms with Gasteiger partial charge >= 0.3 is 5.97 Å². The summed E-state index contributed by atoms with van der Waals surface area (Å²) in [5, 5.41) is 2.30. The molecule has 6 heteroatoms. The fourth-order valence-corrected chi connectivity index (χ4v) is 1.31. The lowest BCUT2D eigenvalue weighted by molar-refractivity contribution is -0.149. The van der Waals surface area contributed by atoms with E-state index in [4.69, 9.17) is 4.74 Å². The van der Waals surface area contributed by atoms with E-state index in [1.54, 1.807) is 31.3 Å². The van der Waals surface area contributed by atoms with Crippen molar-refractivity contribution in [1.82, 2.24) is 5.32 Å². The quantitative estimate of drug-likeness (QED) is 0.614. The zero-order valence-electron chi connectivity index (χ0n) is 10.9. The Labute approximate surface area is 111 Å². The Balaban J connectivity index is 2.43. The van der Waals surface area contributed by atoms with Crippen molar-refractivity contribution in [3.05, 3.63) is 30.3 Å². The van der Waals surface area contributed by atoms with Gasteiger partial charge in [-0.1, -0.05) is 18.2 Å². The highest BCUT2D eigenvalue weighted by molar-refractivity contribution is 5.97. The van der Waals surface area contributed by atoms with Crippen LogP contribution in [0, 0.1) is 0 Å². The van der Waals surface area contributed by atoms with Gasteiger partial charge < -0.3 is 15.0 Å². The second kappa shape index (κ2) is 7.15. The normalized spacial score (nSPS) is 9.58. The molecule has 1 aromatic rings. The Morgan fingerprint density at radius 2 is 1.84 bits per heavy atom. The van der Waals surface area contributed by atoms with Crippen molar-refractivity contribution in [2.45, 2.75) is 6.42 Å². The van der Waals surface area contributed by atoms with E-state index < -0.39 is 18.3 Å². The van der Waals surface area contributed by atoms with E-state index in [0.29, 0.717) is 5.69 Å². The van der Waals surface area contributed by atoms with Gasteiger partial charge in [0.25, 0.3) is 5.91 Å². The van der Waals surface area contributed by atoms with E-state index in [2.05, 4.69) is 5.32 Å². The van der Waals surface area contributed by atoms with Gasteiger partial charge in [-0.15, -0.1) is 0 Å². The Bertz CT molecular complexity index is 459. The third-order valence-corrected chi connectivity index (χ3v) is 2.46. The van der Waals surface area contributed by atoms with Crippen molar-refractivity contribution in [3.8, 4) is 0 Å². The predicted molar refractivity (Wildman–Crippen MR) is 69.5 cm³/mol. The number of amides is 2. The number of hydrogen-bond donors (Lipinski definition) is 1. The number of anilines is 1. The molecule has 0 bridgehead atoms. The lowest BCUT2D eigenvalue weighted by Gasteiger charge is -2.16. The van der Waals surface area contributed by atoms with Crippen molar-refractivity contribution in [3.63, 3.8) is 0 Å². The minimum Gasteiger partial charge on any atom is -0.455 e. The largest absolute Gasteiger partial charge is 0.455 e. The molecule has 1 rings (SSSR count). The number of carbonyl (C=O) groups excluding carboxylic acids is 3. The molecule has 2 amide bonds. The molecule has 0 heterocycles. The summed E-state index contributed by atoms with van der Waals surface area (Å²) in [4.78, 5) is 35.3. The molecule has 19 heavy (non-hydrogen) atoms. The Hall–Kier alpha value is -2.37. The SMILES string of the molecule is CNC(=O)CC(=O)OCC(=O)N(C)c1ccccc1. The lowest BCUT2D eigenvalue weighted by Crippen LogP contribution is -2.32. The standard InChI is InChI=1S/C13H16N2O4/c1-14-11(16)8-13(18)19-9-12(17)15(2)10-6-4-3-5-7-10/h3-7H,8-9H2,1-2H3,(H,14,16). The van der Waals surface area contributed by atoms with Crippen LogP contribution in [0.3, 0.4) is 0 Å². The average molecular weight is 264 g/mol. The van der Waals surface area contributed by atoms with Gasteiger partial charge in [0.05, 0.1) is 0 Å². The summed E-state index contributed by atoms with van der Waals surface area (Å²) in [5.41, 5.74) is 0.704. The highest BCUT2D eigenvalue weighted by atomic mass is 16.5. The van der Waals surface area contributed by atoms with Crippen LogP contribution in [0.1, 0.15) is 6.42 Å². The van der Waals surface area contributed by atoms with Crippen LogP contribution in [0.5, 0.6) is 0 Å². The number of hydrogen-bond acceptors (Lipinski definition) is 4. The number of para-hydroxylation sites is 1. The maximum Gasteiger partial charge on any atom is 0.315 e. The molecule has 6 nitrogen and oxygen atoms in total. The molecule has 0 unspecified atom stereocenters. The van der Waals surface area contributed by atoms with E-state index in [0.717, 1.165) is 0 Å². The number of esters is 1. The number of benzene rings is 1. The zero-order chi connectivity index (χ0) is 14.3. The van der Waals surface area contributed by atoms with E-state index in [9.17, 15) is 14.4 Å². The van der Waals surface area contributed by atoms with E-state index in [1.807, 2.05) is 6.07 Å². The zero-order valence-corrected chi connectivity index (χ0v) is 10.9. The maximum atomic E-state index is 11.8. The van der Waals surface area contributed by atoms with E-state index in [-0.39, 0.29) is 12.5 Å². The minimum atomic E-state index is -0.728. The molecular formula is C13H16N2O4. The molecule has 0 atom stereocenters. The second-order valence-corrected chi connectivity index (χ2v) is 3.80. The molecule has 0 spiro atoms. The van der Waals surface area contributed by atoms with Crippen LogP contribution in [0.4, 0.5) is 5.69 Å². The first-order valence-electron chi connectivity index (χ1n) is 5.72. The first-order chi connectivity index (χ1) is 9.04. The van der Waals surface area contributed by atoms with Crippen LogP contribution in [-0.4, -0.2) is 38.5 Å². The summed E-state index contributed by atoms with van der Waals surface area (Å²) in [7, 11) is 3.01. The van der Waals surface area contributed by atoms with Gasteiger partial charge in [0.15, 0.2) is 6.61 Å². The molecule has 0 aliphatic heterocycles. The van der Waals surface area contributed by atoms with Crippen LogP contribution in [0.2, 0.25) is 0 Å². The van der Waals surface area contributed by atoms with Crippen molar-refractivity contribution in [2.75, 3.05) is 25.6 Å². The molecule has 1 aromatic carbocycles. The van der Waals surface area contributed by atoms with Crippen LogP contribution in [0.25, 0.3) is 0 Å². The van der Waals surface area contributed by atoms with Gasteiger partial charge in [-0.2, -0.15) is 0 Å². The van der Waals surface area contributed by atoms with Gasteiger partial charge in [-0.05, 0) is 12.1 Å². The minimum absolute atomic E-state index is 0.364. The number of ether oxygens (including phenoxy) is 1. The van der Waals surface area contributed by atoms with Gasteiger partial charge in [0, 0.05) is 19.8 Å². The summed E-state index contributed by atoms with van der Waals surface area (Å²) >= 11 is 0. The molecule has 0 fully saturated rings. The number of nitrogens with one attached hydrogen (secondary N) is 1. The topological polar surface area (TPSA) is 75.7 Å². The Morgan fingerprint density at radius 1 is 1.21 bits per heavy atom. The lowest BCUT2D eigenvalue weighted by atomic mass is 10.3. The average Bonchev–Trinajstić information content (AvgIpc) is 2.44. The highest BCUT2D eigenvalue weighted by Crippen LogP contribution is 2.10. The second-order valence-electron chi connectivity index (χ2n) is 3.80. The van der Waals surface area contributed by atoms with Crippen LogP contribution in [-0.2, 0) is 19.1 Å². The monoisotopic (exact) mass is 264 g/mol. The van der Waals surface area contributed by atoms with Gasteiger partial charge in [-0.3, -0.25) is 14.4 Å². The maximum absolute atomic E-state index is 11.8. The number of rotatable bonds is 5. The molecule has 0 radical (unpaired) electrons. The van der Waals surface area contributed by atoms with Crippen LogP contribution < -0.4 is 10.2 Å². The smallest absolute Gasteiger partial charge is 0.315 e. The summed E-state index contributed by atoms with van der Waals surface area (Å²) in [6.45, 7) is -0.388. The fraction of sp³-hybridized carbons (Fsp3) is 0.308. The van der Waals surface area contributed by atoms with E-state index in [1.165, 1.54) is 11.9 Å². The number of carbonyl (C=O) groups is 3. The Kier molecular flexibility index (Phi) is 5.53. The molecule has 0 aromatic heterocycles. The summed E-state index contributed by atoms with van der Waals surface area (Å²) in [6.07, 6.45) is -0.390. The van der Waals surface area contributed by atoms with Crippen LogP contribution in [0.15, 0.2) is 30.3 Å². The number of likely N-dealkylation sites (N-methyl/N-ethyl adjacent to an activating group) is 1. The van der Waals surface area contributed by atoms with Gasteiger partial charge in [0.2, 0.25) is 5.91 Å². The molecule has 1 N–H and O–H groups in total. The molecule has 0 aliphatic carbocycles. The molecular weight excluding hydrogens is 248 g/mol. The third kappa shape index (κ3) is 4.79. The highest BCUT2D eigenvalue weighted by Gasteiger charge is 2.15. The molecule has 0 saturated heterocycles. The summed E-state index contributed by atoms with van der Waals surface area (Å²) in [6, 6.07) is 8.98. The van der Waals surface area contributed by atoms with Crippen molar-refractivity contribution in [1.29, 1.82) is 0 Å². The first-order valence-corrected chi connectivity index (χ1v) is 5.72. The third-order valence-electron chi connectivity index (χ3n) is 2.46. The van der Waals surface area contributed by atoms with Crippen molar-refractivity contribution < 1.29 is 19.1 Å². The van der Waals surface area contributed by atoms with Gasteiger partial charge in [0.1, 0.15) is 6.42 Å². The molecule has 0 aliphatic rings. The van der Waals surface area contributed by atoms with E-state index >= 15 is 0 Å². The van der Waals surface area contributed by atoms with Crippen molar-refractivity contribution >= 4 is 23.5 Å². The molecule has 0 saturated carbocycles. The van der Waals surface area contributed by atoms with Gasteiger partial charge in [-0.25, -0.2) is 0 Å². The number of nitrogens with zero attached hydrogens (tertiary/aromatic N) is 1. The fourth-order valence-electron chi connectivity index (χ4n) is 1.31. The van der Waals surface area contributed by atoms with Crippen molar-refractivity contribution in [2.24, 2.45) is 0 Å². The summed E-state index contributed by atoms with van der Waals surface area (Å²) in [5.74, 6) is -1.54. The van der Waals surface area contributed by atoms with Crippen LogP contribution >= 0.6 is 0 Å². The molecule has 102 valence electrons.